The Labute approximate surface area is 205 Å². The average molecular weight is 495 g/mol. The number of fused-ring (bicyclic) bond motifs is 2. The van der Waals surface area contributed by atoms with Crippen LogP contribution in [-0.4, -0.2) is 64.3 Å². The van der Waals surface area contributed by atoms with Gasteiger partial charge < -0.3 is 19.4 Å². The van der Waals surface area contributed by atoms with Crippen molar-refractivity contribution in [1.82, 2.24) is 25.1 Å². The quantitative estimate of drug-likeness (QED) is 0.292. The van der Waals surface area contributed by atoms with Crippen molar-refractivity contribution in [3.8, 4) is 0 Å². The van der Waals surface area contributed by atoms with Crippen molar-refractivity contribution in [2.45, 2.75) is 25.0 Å². The summed E-state index contributed by atoms with van der Waals surface area (Å²) in [6, 6.07) is 8.08. The second-order valence-corrected chi connectivity index (χ2v) is 9.17. The van der Waals surface area contributed by atoms with Crippen molar-refractivity contribution < 1.29 is 13.9 Å². The highest BCUT2D eigenvalue weighted by molar-refractivity contribution is 7.99. The third-order valence-electron chi connectivity index (χ3n) is 5.67. The molecule has 35 heavy (non-hydrogen) atoms. The number of anilines is 1. The Morgan fingerprint density at radius 3 is 2.83 bits per heavy atom. The first kappa shape index (κ1) is 23.3. The number of benzene rings is 1. The first-order valence-electron chi connectivity index (χ1n) is 11.6. The molecule has 1 fully saturated rings. The smallest absolute Gasteiger partial charge is 0.287 e. The van der Waals surface area contributed by atoms with Crippen LogP contribution in [0.5, 0.6) is 0 Å². The molecule has 0 saturated carbocycles. The number of nitrogens with one attached hydrogen (secondary N) is 1. The highest BCUT2D eigenvalue weighted by Gasteiger charge is 2.20. The van der Waals surface area contributed by atoms with E-state index in [4.69, 9.17) is 19.1 Å². The molecule has 11 heteroatoms. The molecule has 182 valence electrons. The Morgan fingerprint density at radius 2 is 2.00 bits per heavy atom. The molecule has 3 aromatic heterocycles. The third kappa shape index (κ3) is 5.01. The monoisotopic (exact) mass is 494 g/mol. The minimum absolute atomic E-state index is 0.0193. The molecular formula is C24H26N6O4S. The number of ether oxygens (including phenoxy) is 1. The van der Waals surface area contributed by atoms with Crippen molar-refractivity contribution in [3.63, 3.8) is 0 Å². The zero-order chi connectivity index (χ0) is 24.2. The molecule has 10 nitrogen and oxygen atoms in total. The Bertz CT molecular complexity index is 1410. The molecule has 0 spiro atoms. The van der Waals surface area contributed by atoms with Crippen molar-refractivity contribution >= 4 is 45.5 Å². The van der Waals surface area contributed by atoms with Crippen molar-refractivity contribution in [1.29, 1.82) is 0 Å². The van der Waals surface area contributed by atoms with Crippen molar-refractivity contribution in [2.24, 2.45) is 0 Å². The fraction of sp³-hybridized carbons (Fsp3) is 0.375. The second kappa shape index (κ2) is 10.4. The number of hydrogen-bond acceptors (Lipinski definition) is 9. The minimum Gasteiger partial charge on any atom is -0.451 e. The Kier molecular flexibility index (Phi) is 6.96. The van der Waals surface area contributed by atoms with E-state index in [9.17, 15) is 9.59 Å². The van der Waals surface area contributed by atoms with E-state index < -0.39 is 5.91 Å². The SMILES string of the molecule is CCCSc1nc(N2CCOCC2)c2cnn(CCNC(=O)c3cc(=O)c4ccccc4o3)c2n1. The second-order valence-electron chi connectivity index (χ2n) is 8.11. The summed E-state index contributed by atoms with van der Waals surface area (Å²) in [6.07, 6.45) is 2.80. The Hall–Kier alpha value is -3.44. The number of aromatic nitrogens is 4. The number of para-hydroxylation sites is 1. The Balaban J connectivity index is 1.34. The molecule has 0 unspecified atom stereocenters. The molecule has 1 aliphatic rings. The van der Waals surface area contributed by atoms with Crippen LogP contribution in [-0.2, 0) is 11.3 Å². The van der Waals surface area contributed by atoms with E-state index in [1.807, 2.05) is 0 Å². The molecular weight excluding hydrogens is 468 g/mol. The van der Waals surface area contributed by atoms with Crippen molar-refractivity contribution in [2.75, 3.05) is 43.5 Å². The molecule has 1 aliphatic heterocycles. The maximum atomic E-state index is 12.6. The molecule has 1 amide bonds. The first-order chi connectivity index (χ1) is 17.1. The topological polar surface area (TPSA) is 115 Å². The van der Waals surface area contributed by atoms with E-state index in [0.29, 0.717) is 42.4 Å². The number of thioether (sulfide) groups is 1. The molecule has 1 N–H and O–H groups in total. The standard InChI is InChI=1S/C24H26N6O4S/c1-2-13-35-24-27-21(29-9-11-33-12-10-29)17-15-26-30(22(17)28-24)8-7-25-23(32)20-14-18(31)16-5-3-4-6-19(16)34-20/h3-6,14-15H,2,7-13H2,1H3,(H,25,32). The van der Waals surface area contributed by atoms with Crippen LogP contribution in [0.15, 0.2) is 50.9 Å². The van der Waals surface area contributed by atoms with Crippen LogP contribution in [0.3, 0.4) is 0 Å². The molecule has 0 atom stereocenters. The van der Waals surface area contributed by atoms with Gasteiger partial charge in [0.1, 0.15) is 11.4 Å². The average Bonchev–Trinajstić information content (AvgIpc) is 3.30. The highest BCUT2D eigenvalue weighted by atomic mass is 32.2. The number of nitrogens with zero attached hydrogens (tertiary/aromatic N) is 5. The lowest BCUT2D eigenvalue weighted by Gasteiger charge is -2.28. The predicted molar refractivity (Wildman–Crippen MR) is 134 cm³/mol. The van der Waals surface area contributed by atoms with Crippen LogP contribution < -0.4 is 15.6 Å². The third-order valence-corrected chi connectivity index (χ3v) is 6.72. The van der Waals surface area contributed by atoms with Gasteiger partial charge in [-0.2, -0.15) is 5.10 Å². The molecule has 0 bridgehead atoms. The number of hydrogen-bond donors (Lipinski definition) is 1. The summed E-state index contributed by atoms with van der Waals surface area (Å²) >= 11 is 1.62. The lowest BCUT2D eigenvalue weighted by atomic mass is 10.2. The van der Waals surface area contributed by atoms with Crippen LogP contribution >= 0.6 is 11.8 Å². The predicted octanol–water partition coefficient (Wildman–Crippen LogP) is 2.70. The maximum absolute atomic E-state index is 12.6. The van der Waals surface area contributed by atoms with Gasteiger partial charge in [-0.25, -0.2) is 14.6 Å². The van der Waals surface area contributed by atoms with E-state index in [1.54, 1.807) is 46.9 Å². The van der Waals surface area contributed by atoms with Gasteiger partial charge in [-0.15, -0.1) is 0 Å². The molecule has 1 saturated heterocycles. The largest absolute Gasteiger partial charge is 0.451 e. The van der Waals surface area contributed by atoms with Crippen molar-refractivity contribution in [3.05, 3.63) is 52.5 Å². The lowest BCUT2D eigenvalue weighted by Crippen LogP contribution is -2.37. The first-order valence-corrected chi connectivity index (χ1v) is 12.6. The fourth-order valence-electron chi connectivity index (χ4n) is 3.94. The van der Waals surface area contributed by atoms with Gasteiger partial charge in [0.25, 0.3) is 5.91 Å². The van der Waals surface area contributed by atoms with Gasteiger partial charge in [-0.05, 0) is 18.6 Å². The van der Waals surface area contributed by atoms with Gasteiger partial charge in [0.2, 0.25) is 0 Å². The highest BCUT2D eigenvalue weighted by Crippen LogP contribution is 2.28. The van der Waals surface area contributed by atoms with E-state index >= 15 is 0 Å². The summed E-state index contributed by atoms with van der Waals surface area (Å²) in [7, 11) is 0. The summed E-state index contributed by atoms with van der Waals surface area (Å²) in [5, 5.41) is 9.36. The summed E-state index contributed by atoms with van der Waals surface area (Å²) < 4.78 is 12.9. The normalized spacial score (nSPS) is 14.0. The molecule has 4 aromatic rings. The summed E-state index contributed by atoms with van der Waals surface area (Å²) in [5.74, 6) is 1.32. The summed E-state index contributed by atoms with van der Waals surface area (Å²) in [5.41, 5.74) is 0.860. The minimum atomic E-state index is -0.452. The van der Waals surface area contributed by atoms with Crippen LogP contribution in [0.1, 0.15) is 23.9 Å². The van der Waals surface area contributed by atoms with Crippen LogP contribution in [0.25, 0.3) is 22.0 Å². The fourth-order valence-corrected chi connectivity index (χ4v) is 4.63. The van der Waals surface area contributed by atoms with Gasteiger partial charge in [0, 0.05) is 31.5 Å². The van der Waals surface area contributed by atoms with Crippen LogP contribution in [0.4, 0.5) is 5.82 Å². The van der Waals surface area contributed by atoms with Crippen LogP contribution in [0.2, 0.25) is 0 Å². The van der Waals surface area contributed by atoms with E-state index in [1.165, 1.54) is 6.07 Å². The van der Waals surface area contributed by atoms with Gasteiger partial charge in [-0.3, -0.25) is 9.59 Å². The molecule has 0 aliphatic carbocycles. The number of morpholine rings is 1. The van der Waals surface area contributed by atoms with E-state index in [0.717, 1.165) is 42.1 Å². The van der Waals surface area contributed by atoms with E-state index in [2.05, 4.69) is 22.2 Å². The Morgan fingerprint density at radius 1 is 1.17 bits per heavy atom. The molecule has 4 heterocycles. The lowest BCUT2D eigenvalue weighted by molar-refractivity contribution is 0.0925. The summed E-state index contributed by atoms with van der Waals surface area (Å²) in [6.45, 7) is 5.68. The van der Waals surface area contributed by atoms with Gasteiger partial charge in [-0.1, -0.05) is 30.8 Å². The van der Waals surface area contributed by atoms with Crippen LogP contribution in [0, 0.1) is 0 Å². The van der Waals surface area contributed by atoms with E-state index in [-0.39, 0.29) is 11.2 Å². The van der Waals surface area contributed by atoms with Gasteiger partial charge in [0.05, 0.1) is 36.7 Å². The molecule has 0 radical (unpaired) electrons. The number of rotatable bonds is 8. The molecule has 1 aromatic carbocycles. The maximum Gasteiger partial charge on any atom is 0.287 e. The zero-order valence-corrected chi connectivity index (χ0v) is 20.2. The van der Waals surface area contributed by atoms with Gasteiger partial charge in [0.15, 0.2) is 22.0 Å². The summed E-state index contributed by atoms with van der Waals surface area (Å²) in [4.78, 5) is 36.7. The molecule has 5 rings (SSSR count). The zero-order valence-electron chi connectivity index (χ0n) is 19.4. The number of carbonyl (C=O) groups excluding carboxylic acids is 1. The number of carbonyl (C=O) groups is 1. The number of amides is 1. The van der Waals surface area contributed by atoms with Gasteiger partial charge >= 0.3 is 0 Å².